The predicted octanol–water partition coefficient (Wildman–Crippen LogP) is 4.82. The number of alkyl halides is 3. The van der Waals surface area contributed by atoms with Crippen molar-refractivity contribution in [3.8, 4) is 0 Å². The molecule has 0 bridgehead atoms. The SMILES string of the molecule is O=[N+]([O-])c1cc(C(F)(F)F)ccc1N/N=C/c1ccccc1Br. The normalized spacial score (nSPS) is 11.7. The van der Waals surface area contributed by atoms with E-state index in [2.05, 4.69) is 26.5 Å². The van der Waals surface area contributed by atoms with Gasteiger partial charge in [-0.15, -0.1) is 0 Å². The Kier molecular flexibility index (Phi) is 4.99. The topological polar surface area (TPSA) is 67.5 Å². The molecule has 0 heterocycles. The molecule has 9 heteroatoms. The number of benzene rings is 2. The van der Waals surface area contributed by atoms with Gasteiger partial charge >= 0.3 is 6.18 Å². The molecule has 2 aromatic rings. The average molecular weight is 388 g/mol. The van der Waals surface area contributed by atoms with Gasteiger partial charge in [0.1, 0.15) is 5.69 Å². The zero-order valence-corrected chi connectivity index (χ0v) is 12.9. The van der Waals surface area contributed by atoms with Crippen molar-refractivity contribution >= 4 is 33.5 Å². The lowest BCUT2D eigenvalue weighted by Gasteiger charge is -2.08. The van der Waals surface area contributed by atoms with Crippen LogP contribution in [0, 0.1) is 10.1 Å². The summed E-state index contributed by atoms with van der Waals surface area (Å²) in [6.07, 6.45) is -3.26. The predicted molar refractivity (Wildman–Crippen MR) is 83.5 cm³/mol. The van der Waals surface area contributed by atoms with Crippen LogP contribution >= 0.6 is 15.9 Å². The van der Waals surface area contributed by atoms with E-state index in [4.69, 9.17) is 0 Å². The second kappa shape index (κ2) is 6.78. The lowest BCUT2D eigenvalue weighted by Crippen LogP contribution is -2.06. The first-order chi connectivity index (χ1) is 10.8. The molecule has 120 valence electrons. The number of halogens is 4. The second-order valence-corrected chi connectivity index (χ2v) is 5.23. The maximum atomic E-state index is 12.6. The number of hydrogen-bond donors (Lipinski definition) is 1. The van der Waals surface area contributed by atoms with E-state index in [1.165, 1.54) is 6.21 Å². The highest BCUT2D eigenvalue weighted by atomic mass is 79.9. The van der Waals surface area contributed by atoms with E-state index in [1.54, 1.807) is 24.3 Å². The van der Waals surface area contributed by atoms with E-state index in [0.717, 1.165) is 16.6 Å². The average Bonchev–Trinajstić information content (AvgIpc) is 2.48. The van der Waals surface area contributed by atoms with Crippen LogP contribution < -0.4 is 5.43 Å². The fraction of sp³-hybridized carbons (Fsp3) is 0.0714. The minimum absolute atomic E-state index is 0.133. The Bertz CT molecular complexity index is 763. The Balaban J connectivity index is 2.26. The molecule has 0 amide bonds. The van der Waals surface area contributed by atoms with E-state index in [-0.39, 0.29) is 5.69 Å². The van der Waals surface area contributed by atoms with Gasteiger partial charge in [0.2, 0.25) is 0 Å². The van der Waals surface area contributed by atoms with E-state index >= 15 is 0 Å². The quantitative estimate of drug-likeness (QED) is 0.464. The summed E-state index contributed by atoms with van der Waals surface area (Å²) in [5.74, 6) is 0. The third-order valence-corrected chi connectivity index (χ3v) is 3.54. The third-order valence-electron chi connectivity index (χ3n) is 2.82. The van der Waals surface area contributed by atoms with Crippen LogP contribution in [0.2, 0.25) is 0 Å². The molecule has 0 spiro atoms. The van der Waals surface area contributed by atoms with Crippen molar-refractivity contribution in [1.82, 2.24) is 0 Å². The van der Waals surface area contributed by atoms with Crippen LogP contribution in [0.4, 0.5) is 24.5 Å². The van der Waals surface area contributed by atoms with Gasteiger partial charge in [-0.2, -0.15) is 18.3 Å². The van der Waals surface area contributed by atoms with Crippen LogP contribution in [0.25, 0.3) is 0 Å². The molecule has 0 saturated carbocycles. The van der Waals surface area contributed by atoms with Gasteiger partial charge in [-0.1, -0.05) is 34.1 Å². The van der Waals surface area contributed by atoms with Crippen LogP contribution in [-0.2, 0) is 6.18 Å². The van der Waals surface area contributed by atoms with E-state index in [1.807, 2.05) is 0 Å². The van der Waals surface area contributed by atoms with E-state index in [9.17, 15) is 23.3 Å². The van der Waals surface area contributed by atoms with Crippen molar-refractivity contribution in [3.05, 3.63) is 68.2 Å². The first-order valence-electron chi connectivity index (χ1n) is 6.18. The maximum absolute atomic E-state index is 12.6. The second-order valence-electron chi connectivity index (χ2n) is 4.38. The number of nitrogens with one attached hydrogen (secondary N) is 1. The monoisotopic (exact) mass is 387 g/mol. The molecule has 0 unspecified atom stereocenters. The van der Waals surface area contributed by atoms with Crippen molar-refractivity contribution in [2.75, 3.05) is 5.43 Å². The summed E-state index contributed by atoms with van der Waals surface area (Å²) in [4.78, 5) is 10.0. The number of anilines is 1. The number of nitrogens with zero attached hydrogens (tertiary/aromatic N) is 2. The lowest BCUT2D eigenvalue weighted by atomic mass is 10.1. The maximum Gasteiger partial charge on any atom is 0.416 e. The zero-order valence-electron chi connectivity index (χ0n) is 11.3. The molecule has 2 aromatic carbocycles. The van der Waals surface area contributed by atoms with Crippen molar-refractivity contribution in [2.45, 2.75) is 6.18 Å². The summed E-state index contributed by atoms with van der Waals surface area (Å²) in [6.45, 7) is 0. The summed E-state index contributed by atoms with van der Waals surface area (Å²) in [5.41, 5.74) is 1.16. The Hall–Kier alpha value is -2.42. The molecule has 1 N–H and O–H groups in total. The highest BCUT2D eigenvalue weighted by Gasteiger charge is 2.33. The molecule has 2 rings (SSSR count). The number of nitro groups is 1. The minimum Gasteiger partial charge on any atom is -0.272 e. The van der Waals surface area contributed by atoms with Crippen LogP contribution in [0.5, 0.6) is 0 Å². The van der Waals surface area contributed by atoms with Crippen molar-refractivity contribution in [1.29, 1.82) is 0 Å². The van der Waals surface area contributed by atoms with E-state index in [0.29, 0.717) is 11.6 Å². The highest BCUT2D eigenvalue weighted by molar-refractivity contribution is 9.10. The molecule has 23 heavy (non-hydrogen) atoms. The summed E-state index contributed by atoms with van der Waals surface area (Å²) in [7, 11) is 0. The molecule has 0 aliphatic heterocycles. The number of hydrazone groups is 1. The van der Waals surface area contributed by atoms with Gasteiger partial charge in [0.25, 0.3) is 5.69 Å². The lowest BCUT2D eigenvalue weighted by molar-refractivity contribution is -0.384. The van der Waals surface area contributed by atoms with Gasteiger partial charge in [0.15, 0.2) is 0 Å². The first kappa shape index (κ1) is 16.9. The molecule has 0 aromatic heterocycles. The molecule has 0 saturated heterocycles. The zero-order chi connectivity index (χ0) is 17.0. The minimum atomic E-state index is -4.65. The number of hydrogen-bond acceptors (Lipinski definition) is 4. The number of rotatable bonds is 4. The summed E-state index contributed by atoms with van der Waals surface area (Å²) >= 11 is 3.30. The number of nitro benzene ring substituents is 1. The Morgan fingerprint density at radius 3 is 2.52 bits per heavy atom. The molecule has 0 aliphatic carbocycles. The fourth-order valence-corrected chi connectivity index (χ4v) is 2.09. The first-order valence-corrected chi connectivity index (χ1v) is 6.97. The largest absolute Gasteiger partial charge is 0.416 e. The van der Waals surface area contributed by atoms with Crippen molar-refractivity contribution in [2.24, 2.45) is 5.10 Å². The van der Waals surface area contributed by atoms with Crippen molar-refractivity contribution < 1.29 is 18.1 Å². The van der Waals surface area contributed by atoms with Gasteiger partial charge in [0, 0.05) is 16.1 Å². The fourth-order valence-electron chi connectivity index (χ4n) is 1.70. The van der Waals surface area contributed by atoms with Crippen LogP contribution in [0.3, 0.4) is 0 Å². The Morgan fingerprint density at radius 2 is 1.91 bits per heavy atom. The van der Waals surface area contributed by atoms with Gasteiger partial charge in [-0.05, 0) is 18.2 Å². The van der Waals surface area contributed by atoms with Crippen molar-refractivity contribution in [3.63, 3.8) is 0 Å². The summed E-state index contributed by atoms with van der Waals surface area (Å²) in [6, 6.07) is 9.29. The summed E-state index contributed by atoms with van der Waals surface area (Å²) in [5, 5.41) is 14.7. The molecule has 0 fully saturated rings. The molecule has 0 atom stereocenters. The molecule has 0 radical (unpaired) electrons. The van der Waals surface area contributed by atoms with Gasteiger partial charge < -0.3 is 0 Å². The van der Waals surface area contributed by atoms with Crippen LogP contribution in [-0.4, -0.2) is 11.1 Å². The van der Waals surface area contributed by atoms with Crippen LogP contribution in [0.15, 0.2) is 52.0 Å². The third kappa shape index (κ3) is 4.28. The van der Waals surface area contributed by atoms with Gasteiger partial charge in [-0.3, -0.25) is 15.5 Å². The van der Waals surface area contributed by atoms with Crippen LogP contribution in [0.1, 0.15) is 11.1 Å². The molecular formula is C14H9BrF3N3O2. The smallest absolute Gasteiger partial charge is 0.272 e. The van der Waals surface area contributed by atoms with Gasteiger partial charge in [0.05, 0.1) is 16.7 Å². The summed E-state index contributed by atoms with van der Waals surface area (Å²) < 4.78 is 38.6. The Labute approximate surface area is 137 Å². The molecule has 5 nitrogen and oxygen atoms in total. The molecular weight excluding hydrogens is 379 g/mol. The Morgan fingerprint density at radius 1 is 1.22 bits per heavy atom. The van der Waals surface area contributed by atoms with Gasteiger partial charge in [-0.25, -0.2) is 0 Å². The molecule has 0 aliphatic rings. The standard InChI is InChI=1S/C14H9BrF3N3O2/c15-11-4-2-1-3-9(11)8-19-20-12-6-5-10(14(16,17)18)7-13(12)21(22)23/h1-8,20H/b19-8+. The highest BCUT2D eigenvalue weighted by Crippen LogP contribution is 2.34. The van der Waals surface area contributed by atoms with E-state index < -0.39 is 22.4 Å².